The number of nitrogens with zero attached hydrogens (tertiary/aromatic N) is 1. The number of esters is 1. The number of benzene rings is 2. The van der Waals surface area contributed by atoms with Crippen molar-refractivity contribution in [2.24, 2.45) is 0 Å². The third kappa shape index (κ3) is 4.87. The average Bonchev–Trinajstić information content (AvgIpc) is 2.47. The van der Waals surface area contributed by atoms with Crippen molar-refractivity contribution in [2.75, 3.05) is 5.75 Å². The molecule has 0 aliphatic carbocycles. The fourth-order valence-corrected chi connectivity index (χ4v) is 2.43. The molecule has 0 saturated carbocycles. The molecule has 0 heterocycles. The van der Waals surface area contributed by atoms with Crippen LogP contribution in [-0.4, -0.2) is 16.6 Å². The second kappa shape index (κ2) is 7.24. The third-order valence-corrected chi connectivity index (χ3v) is 3.94. The van der Waals surface area contributed by atoms with E-state index in [9.17, 15) is 14.9 Å². The quantitative estimate of drug-likeness (QED) is 0.262. The highest BCUT2D eigenvalue weighted by Crippen LogP contribution is 2.22. The molecular weight excluding hydrogens is 358 g/mol. The molecule has 0 radical (unpaired) electrons. The van der Waals surface area contributed by atoms with Crippen LogP contribution in [0.25, 0.3) is 0 Å². The summed E-state index contributed by atoms with van der Waals surface area (Å²) >= 11 is 4.67. The molecule has 0 unspecified atom stereocenters. The Kier molecular flexibility index (Phi) is 5.35. The lowest BCUT2D eigenvalue weighted by Crippen LogP contribution is -2.10. The van der Waals surface area contributed by atoms with Gasteiger partial charge in [0.05, 0.1) is 16.7 Å². The Morgan fingerprint density at radius 2 is 1.95 bits per heavy atom. The number of rotatable bonds is 5. The minimum absolute atomic E-state index is 0.110. The topological polar surface area (TPSA) is 69.4 Å². The number of non-ortho nitro benzene ring substituents is 1. The van der Waals surface area contributed by atoms with Gasteiger partial charge in [0.25, 0.3) is 5.69 Å². The van der Waals surface area contributed by atoms with E-state index < -0.39 is 10.9 Å². The molecule has 2 aromatic carbocycles. The predicted molar refractivity (Wildman–Crippen MR) is 83.6 cm³/mol. The van der Waals surface area contributed by atoms with Crippen molar-refractivity contribution in [2.45, 2.75) is 4.90 Å². The van der Waals surface area contributed by atoms with Gasteiger partial charge in [-0.2, -0.15) is 0 Å². The Morgan fingerprint density at radius 1 is 1.24 bits per heavy atom. The Morgan fingerprint density at radius 3 is 2.62 bits per heavy atom. The fraction of sp³-hybridized carbons (Fsp3) is 0.0714. The second-order valence-corrected chi connectivity index (χ2v) is 5.94. The lowest BCUT2D eigenvalue weighted by molar-refractivity contribution is -0.384. The summed E-state index contributed by atoms with van der Waals surface area (Å²) in [5, 5.41) is 10.6. The zero-order chi connectivity index (χ0) is 15.2. The highest BCUT2D eigenvalue weighted by atomic mass is 79.9. The van der Waals surface area contributed by atoms with E-state index in [2.05, 4.69) is 15.9 Å². The average molecular weight is 368 g/mol. The van der Waals surface area contributed by atoms with Gasteiger partial charge in [-0.25, -0.2) is 0 Å². The van der Waals surface area contributed by atoms with Crippen LogP contribution in [0.2, 0.25) is 0 Å². The van der Waals surface area contributed by atoms with Gasteiger partial charge >= 0.3 is 5.97 Å². The summed E-state index contributed by atoms with van der Waals surface area (Å²) in [6.45, 7) is 0. The molecule has 0 N–H and O–H groups in total. The molecule has 0 saturated heterocycles. The second-order valence-electron chi connectivity index (χ2n) is 3.97. The van der Waals surface area contributed by atoms with Gasteiger partial charge in [0.15, 0.2) is 0 Å². The van der Waals surface area contributed by atoms with Gasteiger partial charge in [-0.15, -0.1) is 11.8 Å². The molecule has 5 nitrogen and oxygen atoms in total. The number of carbonyl (C=O) groups is 1. The maximum Gasteiger partial charge on any atom is 0.321 e. The summed E-state index contributed by atoms with van der Waals surface area (Å²) in [5.41, 5.74) is -0.110. The van der Waals surface area contributed by atoms with E-state index in [0.717, 1.165) is 9.37 Å². The van der Waals surface area contributed by atoms with Crippen molar-refractivity contribution in [3.8, 4) is 5.75 Å². The minimum Gasteiger partial charge on any atom is -0.426 e. The lowest BCUT2D eigenvalue weighted by atomic mass is 10.3. The van der Waals surface area contributed by atoms with E-state index in [0.29, 0.717) is 0 Å². The number of carbonyl (C=O) groups excluding carboxylic acids is 1. The van der Waals surface area contributed by atoms with Crippen molar-refractivity contribution < 1.29 is 14.5 Å². The summed E-state index contributed by atoms with van der Waals surface area (Å²) in [5.74, 6) is -0.154. The van der Waals surface area contributed by atoms with Crippen LogP contribution in [-0.2, 0) is 4.79 Å². The summed E-state index contributed by atoms with van der Waals surface area (Å²) in [6.07, 6.45) is 0. The van der Waals surface area contributed by atoms with Crippen LogP contribution >= 0.6 is 27.7 Å². The van der Waals surface area contributed by atoms with Gasteiger partial charge in [0, 0.05) is 15.4 Å². The van der Waals surface area contributed by atoms with Gasteiger partial charge in [0.1, 0.15) is 5.75 Å². The smallest absolute Gasteiger partial charge is 0.321 e. The first-order valence-electron chi connectivity index (χ1n) is 5.88. The molecule has 0 aliphatic heterocycles. The minimum atomic E-state index is -0.534. The molecular formula is C14H10BrNO4S. The monoisotopic (exact) mass is 367 g/mol. The molecule has 0 aliphatic rings. The SMILES string of the molecule is O=C(CSc1ccc(Br)cc1)Oc1cccc([N+](=O)[O-])c1. The van der Waals surface area contributed by atoms with Crippen LogP contribution < -0.4 is 4.74 Å². The fourth-order valence-electron chi connectivity index (χ4n) is 1.49. The first-order chi connectivity index (χ1) is 10.0. The van der Waals surface area contributed by atoms with Crippen LogP contribution in [0.5, 0.6) is 5.75 Å². The first kappa shape index (κ1) is 15.5. The standard InChI is InChI=1S/C14H10BrNO4S/c15-10-4-6-13(7-5-10)21-9-14(17)20-12-3-1-2-11(8-12)16(18)19/h1-8H,9H2. The number of thioether (sulfide) groups is 1. The van der Waals surface area contributed by atoms with Crippen molar-refractivity contribution in [3.63, 3.8) is 0 Å². The molecule has 0 bridgehead atoms. The molecule has 2 aromatic rings. The number of hydrogen-bond acceptors (Lipinski definition) is 5. The number of nitro groups is 1. The predicted octanol–water partition coefficient (Wildman–Crippen LogP) is 4.06. The van der Waals surface area contributed by atoms with E-state index in [1.807, 2.05) is 24.3 Å². The molecule has 7 heteroatoms. The summed E-state index contributed by atoms with van der Waals surface area (Å²) in [6, 6.07) is 13.1. The van der Waals surface area contributed by atoms with Crippen LogP contribution in [0, 0.1) is 10.1 Å². The van der Waals surface area contributed by atoms with E-state index in [-0.39, 0.29) is 17.2 Å². The van der Waals surface area contributed by atoms with Crippen LogP contribution in [0.1, 0.15) is 0 Å². The van der Waals surface area contributed by atoms with E-state index >= 15 is 0 Å². The van der Waals surface area contributed by atoms with E-state index in [4.69, 9.17) is 4.74 Å². The number of nitro benzene ring substituents is 1. The summed E-state index contributed by atoms with van der Waals surface area (Å²) < 4.78 is 6.04. The van der Waals surface area contributed by atoms with Gasteiger partial charge < -0.3 is 4.74 Å². The van der Waals surface area contributed by atoms with Gasteiger partial charge in [-0.3, -0.25) is 14.9 Å². The van der Waals surface area contributed by atoms with Gasteiger partial charge in [-0.1, -0.05) is 22.0 Å². The zero-order valence-corrected chi connectivity index (χ0v) is 13.1. The Bertz CT molecular complexity index is 660. The highest BCUT2D eigenvalue weighted by Gasteiger charge is 2.10. The molecule has 2 rings (SSSR count). The molecule has 0 amide bonds. The Balaban J connectivity index is 1.91. The molecule has 0 aromatic heterocycles. The van der Waals surface area contributed by atoms with Crippen molar-refractivity contribution >= 4 is 39.3 Å². The largest absolute Gasteiger partial charge is 0.426 e. The number of hydrogen-bond donors (Lipinski definition) is 0. The third-order valence-electron chi connectivity index (χ3n) is 2.43. The first-order valence-corrected chi connectivity index (χ1v) is 7.66. The Hall–Kier alpha value is -1.86. The molecule has 21 heavy (non-hydrogen) atoms. The molecule has 0 spiro atoms. The lowest BCUT2D eigenvalue weighted by Gasteiger charge is -2.04. The number of halogens is 1. The molecule has 0 atom stereocenters. The van der Waals surface area contributed by atoms with Crippen molar-refractivity contribution in [3.05, 3.63) is 63.1 Å². The molecule has 0 fully saturated rings. The van der Waals surface area contributed by atoms with Crippen molar-refractivity contribution in [1.82, 2.24) is 0 Å². The van der Waals surface area contributed by atoms with E-state index in [1.54, 1.807) is 0 Å². The van der Waals surface area contributed by atoms with Crippen molar-refractivity contribution in [1.29, 1.82) is 0 Å². The van der Waals surface area contributed by atoms with Gasteiger partial charge in [0.2, 0.25) is 0 Å². The van der Waals surface area contributed by atoms with E-state index in [1.165, 1.54) is 36.0 Å². The Labute approximate surface area is 133 Å². The number of ether oxygens (including phenoxy) is 1. The highest BCUT2D eigenvalue weighted by molar-refractivity contribution is 9.10. The normalized spacial score (nSPS) is 10.1. The summed E-state index contributed by atoms with van der Waals surface area (Å²) in [4.78, 5) is 22.8. The van der Waals surface area contributed by atoms with Crippen LogP contribution in [0.4, 0.5) is 5.69 Å². The maximum absolute atomic E-state index is 11.7. The van der Waals surface area contributed by atoms with Gasteiger partial charge in [-0.05, 0) is 30.3 Å². The maximum atomic E-state index is 11.7. The summed E-state index contributed by atoms with van der Waals surface area (Å²) in [7, 11) is 0. The molecule has 108 valence electrons. The van der Waals surface area contributed by atoms with Crippen LogP contribution in [0.3, 0.4) is 0 Å². The van der Waals surface area contributed by atoms with Crippen LogP contribution in [0.15, 0.2) is 57.9 Å². The zero-order valence-electron chi connectivity index (χ0n) is 10.7.